The molecule has 0 saturated carbocycles. The zero-order chi connectivity index (χ0) is 14.0. The molecule has 106 valence electrons. The highest BCUT2D eigenvalue weighted by Crippen LogP contribution is 2.32. The average molecular weight is 283 g/mol. The Morgan fingerprint density at radius 3 is 2.84 bits per heavy atom. The fraction of sp³-hybridized carbons (Fsp3) is 0.538. The van der Waals surface area contributed by atoms with Crippen LogP contribution in [0.2, 0.25) is 0 Å². The first kappa shape index (κ1) is 14.3. The summed E-state index contributed by atoms with van der Waals surface area (Å²) < 4.78 is 29.1. The van der Waals surface area contributed by atoms with Gasteiger partial charge in [0.05, 0.1) is 0 Å². The Morgan fingerprint density at radius 1 is 1.42 bits per heavy atom. The number of nitrogens with two attached hydrogens (primary N) is 1. The van der Waals surface area contributed by atoms with E-state index in [1.807, 2.05) is 32.0 Å². The van der Waals surface area contributed by atoms with E-state index in [1.165, 1.54) is 0 Å². The quantitative estimate of drug-likeness (QED) is 0.713. The fourth-order valence-electron chi connectivity index (χ4n) is 2.27. The highest BCUT2D eigenvalue weighted by Gasteiger charge is 2.26. The molecule has 1 aliphatic carbocycles. The molecule has 4 N–H and O–H groups in total. The molecule has 5 nitrogen and oxygen atoms in total. The Bertz CT molecular complexity index is 555. The number of rotatable bonds is 5. The van der Waals surface area contributed by atoms with Crippen LogP contribution in [0.4, 0.5) is 5.69 Å². The Kier molecular flexibility index (Phi) is 4.13. The molecule has 0 saturated heterocycles. The topological polar surface area (TPSA) is 84.2 Å². The second kappa shape index (κ2) is 5.48. The summed E-state index contributed by atoms with van der Waals surface area (Å²) >= 11 is 0. The van der Waals surface area contributed by atoms with E-state index in [2.05, 4.69) is 9.44 Å². The van der Waals surface area contributed by atoms with Crippen LogP contribution in [0.25, 0.3) is 0 Å². The van der Waals surface area contributed by atoms with Crippen molar-refractivity contribution in [3.8, 4) is 0 Å². The molecular weight excluding hydrogens is 262 g/mol. The average Bonchev–Trinajstić information content (AvgIpc) is 2.68. The van der Waals surface area contributed by atoms with E-state index in [0.717, 1.165) is 29.7 Å². The molecule has 0 spiro atoms. The minimum Gasteiger partial charge on any atom is -0.399 e. The van der Waals surface area contributed by atoms with Gasteiger partial charge in [0, 0.05) is 18.3 Å². The first-order valence-electron chi connectivity index (χ1n) is 6.52. The number of nitrogen functional groups attached to an aromatic ring is 1. The van der Waals surface area contributed by atoms with Crippen molar-refractivity contribution in [3.63, 3.8) is 0 Å². The Morgan fingerprint density at radius 2 is 2.16 bits per heavy atom. The summed E-state index contributed by atoms with van der Waals surface area (Å²) in [6.45, 7) is 4.38. The molecular formula is C13H21N3O2S. The van der Waals surface area contributed by atoms with E-state index in [0.29, 0.717) is 6.54 Å². The number of nitrogens with one attached hydrogen (secondary N) is 2. The molecule has 0 aliphatic heterocycles. The zero-order valence-electron chi connectivity index (χ0n) is 11.3. The molecule has 6 heteroatoms. The van der Waals surface area contributed by atoms with Crippen molar-refractivity contribution in [1.29, 1.82) is 0 Å². The molecule has 0 radical (unpaired) electrons. The molecule has 1 aromatic carbocycles. The summed E-state index contributed by atoms with van der Waals surface area (Å²) in [7, 11) is -3.44. The molecule has 0 fully saturated rings. The van der Waals surface area contributed by atoms with Crippen molar-refractivity contribution >= 4 is 15.9 Å². The van der Waals surface area contributed by atoms with E-state index < -0.39 is 10.2 Å². The van der Waals surface area contributed by atoms with Gasteiger partial charge in [0.2, 0.25) is 0 Å². The van der Waals surface area contributed by atoms with Crippen molar-refractivity contribution in [2.45, 2.75) is 32.7 Å². The molecule has 0 heterocycles. The van der Waals surface area contributed by atoms with Crippen molar-refractivity contribution < 1.29 is 8.42 Å². The highest BCUT2D eigenvalue weighted by molar-refractivity contribution is 7.87. The standard InChI is InChI=1S/C13H21N3O2S/c1-9(2)8-15-19(17,18)16-13-6-3-10-7-11(14)4-5-12(10)13/h4-5,7,9,13,15-16H,3,6,8,14H2,1-2H3. The smallest absolute Gasteiger partial charge is 0.277 e. The maximum Gasteiger partial charge on any atom is 0.277 e. The SMILES string of the molecule is CC(C)CNS(=O)(=O)NC1CCc2cc(N)ccc21. The van der Waals surface area contributed by atoms with Gasteiger partial charge in [-0.15, -0.1) is 0 Å². The van der Waals surface area contributed by atoms with Crippen LogP contribution in [0, 0.1) is 5.92 Å². The molecule has 0 amide bonds. The summed E-state index contributed by atoms with van der Waals surface area (Å²) in [5.41, 5.74) is 8.62. The van der Waals surface area contributed by atoms with Crippen molar-refractivity contribution in [2.24, 2.45) is 5.92 Å². The zero-order valence-corrected chi connectivity index (χ0v) is 12.1. The van der Waals surface area contributed by atoms with Gasteiger partial charge in [-0.2, -0.15) is 13.1 Å². The molecule has 1 aromatic rings. The number of hydrogen-bond donors (Lipinski definition) is 3. The van der Waals surface area contributed by atoms with E-state index in [-0.39, 0.29) is 12.0 Å². The fourth-order valence-corrected chi connectivity index (χ4v) is 3.52. The van der Waals surface area contributed by atoms with Crippen molar-refractivity contribution in [2.75, 3.05) is 12.3 Å². The van der Waals surface area contributed by atoms with Crippen LogP contribution in [0.15, 0.2) is 18.2 Å². The Hall–Kier alpha value is -1.11. The van der Waals surface area contributed by atoms with Crippen LogP contribution in [0.5, 0.6) is 0 Å². The van der Waals surface area contributed by atoms with Crippen molar-refractivity contribution in [3.05, 3.63) is 29.3 Å². The second-order valence-electron chi connectivity index (χ2n) is 5.41. The number of hydrogen-bond acceptors (Lipinski definition) is 3. The first-order valence-corrected chi connectivity index (χ1v) is 8.01. The molecule has 2 rings (SSSR count). The molecule has 0 aromatic heterocycles. The van der Waals surface area contributed by atoms with Gasteiger partial charge in [-0.3, -0.25) is 0 Å². The lowest BCUT2D eigenvalue weighted by atomic mass is 10.1. The van der Waals surface area contributed by atoms with Crippen LogP contribution < -0.4 is 15.2 Å². The van der Waals surface area contributed by atoms with E-state index in [1.54, 1.807) is 0 Å². The maximum atomic E-state index is 11.9. The van der Waals surface area contributed by atoms with Gasteiger partial charge in [0.1, 0.15) is 0 Å². The predicted molar refractivity (Wildman–Crippen MR) is 76.8 cm³/mol. The molecule has 1 unspecified atom stereocenters. The summed E-state index contributed by atoms with van der Waals surface area (Å²) in [5.74, 6) is 0.284. The summed E-state index contributed by atoms with van der Waals surface area (Å²) in [5, 5.41) is 0. The van der Waals surface area contributed by atoms with Gasteiger partial charge in [0.25, 0.3) is 10.2 Å². The van der Waals surface area contributed by atoms with Crippen LogP contribution in [0.3, 0.4) is 0 Å². The number of benzene rings is 1. The molecule has 0 bridgehead atoms. The van der Waals surface area contributed by atoms with Gasteiger partial charge >= 0.3 is 0 Å². The lowest BCUT2D eigenvalue weighted by molar-refractivity contribution is 0.527. The summed E-state index contributed by atoms with van der Waals surface area (Å²) in [6.07, 6.45) is 1.64. The predicted octanol–water partition coefficient (Wildman–Crippen LogP) is 1.34. The second-order valence-corrected chi connectivity index (χ2v) is 6.94. The van der Waals surface area contributed by atoms with Gasteiger partial charge in [-0.25, -0.2) is 4.72 Å². The van der Waals surface area contributed by atoms with Gasteiger partial charge in [-0.05, 0) is 42.0 Å². The van der Waals surface area contributed by atoms with Crippen molar-refractivity contribution in [1.82, 2.24) is 9.44 Å². The first-order chi connectivity index (χ1) is 8.87. The Labute approximate surface area is 114 Å². The largest absolute Gasteiger partial charge is 0.399 e. The molecule has 1 aliphatic rings. The van der Waals surface area contributed by atoms with Crippen LogP contribution in [-0.4, -0.2) is 15.0 Å². The van der Waals surface area contributed by atoms with E-state index in [9.17, 15) is 8.42 Å². The van der Waals surface area contributed by atoms with Crippen LogP contribution in [0.1, 0.15) is 37.4 Å². The minimum absolute atomic E-state index is 0.153. The summed E-state index contributed by atoms with van der Waals surface area (Å²) in [4.78, 5) is 0. The number of anilines is 1. The number of aryl methyl sites for hydroxylation is 1. The van der Waals surface area contributed by atoms with Crippen LogP contribution in [-0.2, 0) is 16.6 Å². The molecule has 19 heavy (non-hydrogen) atoms. The van der Waals surface area contributed by atoms with E-state index in [4.69, 9.17) is 5.73 Å². The monoisotopic (exact) mass is 283 g/mol. The van der Waals surface area contributed by atoms with Crippen LogP contribution >= 0.6 is 0 Å². The lowest BCUT2D eigenvalue weighted by Gasteiger charge is -2.16. The van der Waals surface area contributed by atoms with Gasteiger partial charge < -0.3 is 5.73 Å². The highest BCUT2D eigenvalue weighted by atomic mass is 32.2. The third-order valence-electron chi connectivity index (χ3n) is 3.22. The normalized spacial score (nSPS) is 18.8. The summed E-state index contributed by atoms with van der Waals surface area (Å²) in [6, 6.07) is 5.49. The third kappa shape index (κ3) is 3.68. The van der Waals surface area contributed by atoms with Gasteiger partial charge in [0.15, 0.2) is 0 Å². The minimum atomic E-state index is -3.44. The molecule has 1 atom stereocenters. The maximum absolute atomic E-state index is 11.9. The Balaban J connectivity index is 2.06. The number of fused-ring (bicyclic) bond motifs is 1. The van der Waals surface area contributed by atoms with Gasteiger partial charge in [-0.1, -0.05) is 19.9 Å². The lowest BCUT2D eigenvalue weighted by Crippen LogP contribution is -2.39. The van der Waals surface area contributed by atoms with E-state index >= 15 is 0 Å². The third-order valence-corrected chi connectivity index (χ3v) is 4.37.